The minimum atomic E-state index is -0.609. The molecular formula is C30H48O5. The van der Waals surface area contributed by atoms with Crippen LogP contribution < -0.4 is 0 Å². The summed E-state index contributed by atoms with van der Waals surface area (Å²) in [6.07, 6.45) is 10.1. The zero-order chi connectivity index (χ0) is 25.7. The number of hydrogen-bond acceptors (Lipinski definition) is 5. The van der Waals surface area contributed by atoms with E-state index in [9.17, 15) is 25.5 Å². The van der Waals surface area contributed by atoms with Crippen LogP contribution in [0.4, 0.5) is 0 Å². The topological polar surface area (TPSA) is 101 Å². The lowest BCUT2D eigenvalue weighted by molar-refractivity contribution is -0.203. The third-order valence-corrected chi connectivity index (χ3v) is 12.9. The van der Waals surface area contributed by atoms with Gasteiger partial charge in [0.25, 0.3) is 0 Å². The van der Waals surface area contributed by atoms with Gasteiger partial charge in [-0.15, -0.1) is 0 Å². The molecule has 0 amide bonds. The molecule has 3 fully saturated rings. The van der Waals surface area contributed by atoms with Gasteiger partial charge in [0.05, 0.1) is 25.4 Å². The van der Waals surface area contributed by atoms with Crippen molar-refractivity contribution >= 4 is 0 Å². The molecule has 0 aromatic heterocycles. The van der Waals surface area contributed by atoms with Gasteiger partial charge in [-0.05, 0) is 85.0 Å². The Morgan fingerprint density at radius 2 is 1.54 bits per heavy atom. The molecule has 5 N–H and O–H groups in total. The Bertz CT molecular complexity index is 943. The SMILES string of the molecule is CC1(CO)CCC2(CO)C(=C3C=CC4C5(C)CCC(O)C(C)(CO)C5CCC4(C)C3(C)CC2O)C1. The molecule has 0 saturated heterocycles. The van der Waals surface area contributed by atoms with Crippen LogP contribution in [-0.4, -0.2) is 57.6 Å². The summed E-state index contributed by atoms with van der Waals surface area (Å²) in [7, 11) is 0. The van der Waals surface area contributed by atoms with Crippen LogP contribution in [0.5, 0.6) is 0 Å². The van der Waals surface area contributed by atoms with Crippen molar-refractivity contribution in [1.82, 2.24) is 0 Å². The Labute approximate surface area is 211 Å². The second-order valence-electron chi connectivity index (χ2n) is 14.5. The van der Waals surface area contributed by atoms with Crippen LogP contribution in [0, 0.1) is 44.3 Å². The van der Waals surface area contributed by atoms with E-state index in [0.717, 1.165) is 25.7 Å². The fourth-order valence-electron chi connectivity index (χ4n) is 10.1. The van der Waals surface area contributed by atoms with Crippen molar-refractivity contribution in [3.8, 4) is 0 Å². The molecule has 35 heavy (non-hydrogen) atoms. The standard InChI is InChI=1S/C30H48O5/c1-25(16-31)12-13-30(18-33)20(14-25)19-6-7-22-26(2)10-9-23(34)27(3,17-32)21(26)8-11-28(22,4)29(19,5)15-24(30)35/h6-7,21-24,31-35H,8-18H2,1-5H3. The highest BCUT2D eigenvalue weighted by Crippen LogP contribution is 2.74. The van der Waals surface area contributed by atoms with E-state index in [0.29, 0.717) is 25.7 Å². The van der Waals surface area contributed by atoms with E-state index in [1.807, 2.05) is 0 Å². The Morgan fingerprint density at radius 3 is 2.17 bits per heavy atom. The number of fused-ring (bicyclic) bond motifs is 6. The maximum atomic E-state index is 11.7. The molecular weight excluding hydrogens is 440 g/mol. The fraction of sp³-hybridized carbons (Fsp3) is 0.867. The molecule has 0 aliphatic heterocycles. The molecule has 0 heterocycles. The van der Waals surface area contributed by atoms with Crippen molar-refractivity contribution in [2.75, 3.05) is 19.8 Å². The lowest BCUT2D eigenvalue weighted by Crippen LogP contribution is -2.65. The molecule has 0 radical (unpaired) electrons. The summed E-state index contributed by atoms with van der Waals surface area (Å²) in [4.78, 5) is 0. The van der Waals surface area contributed by atoms with E-state index in [2.05, 4.69) is 46.8 Å². The third kappa shape index (κ3) is 3.05. The molecule has 0 spiro atoms. The lowest BCUT2D eigenvalue weighted by atomic mass is 9.35. The van der Waals surface area contributed by atoms with Gasteiger partial charge in [0.15, 0.2) is 0 Å². The van der Waals surface area contributed by atoms with Crippen LogP contribution in [0.3, 0.4) is 0 Å². The van der Waals surface area contributed by atoms with Crippen LogP contribution >= 0.6 is 0 Å². The van der Waals surface area contributed by atoms with Crippen LogP contribution in [0.1, 0.15) is 86.0 Å². The molecule has 5 heteroatoms. The first-order chi connectivity index (χ1) is 16.3. The highest BCUT2D eigenvalue weighted by molar-refractivity contribution is 5.47. The van der Waals surface area contributed by atoms with E-state index in [4.69, 9.17) is 0 Å². The number of rotatable bonds is 3. The molecule has 5 rings (SSSR count). The summed E-state index contributed by atoms with van der Waals surface area (Å²) in [5, 5.41) is 53.9. The molecule has 0 bridgehead atoms. The van der Waals surface area contributed by atoms with E-state index in [1.165, 1.54) is 11.1 Å². The largest absolute Gasteiger partial charge is 0.396 e. The van der Waals surface area contributed by atoms with Gasteiger partial charge >= 0.3 is 0 Å². The average Bonchev–Trinajstić information content (AvgIpc) is 2.82. The van der Waals surface area contributed by atoms with Gasteiger partial charge in [-0.25, -0.2) is 0 Å². The van der Waals surface area contributed by atoms with Crippen LogP contribution in [0.15, 0.2) is 23.3 Å². The second-order valence-corrected chi connectivity index (χ2v) is 14.5. The molecule has 3 saturated carbocycles. The summed E-state index contributed by atoms with van der Waals surface area (Å²) in [5.41, 5.74) is 0.772. The van der Waals surface area contributed by atoms with E-state index in [-0.39, 0.29) is 53.3 Å². The average molecular weight is 489 g/mol. The maximum Gasteiger partial charge on any atom is 0.0664 e. The second kappa shape index (κ2) is 7.89. The fourth-order valence-corrected chi connectivity index (χ4v) is 10.1. The Kier molecular flexibility index (Phi) is 5.84. The predicted octanol–water partition coefficient (Wildman–Crippen LogP) is 3.98. The lowest BCUT2D eigenvalue weighted by Gasteiger charge is -2.70. The monoisotopic (exact) mass is 488 g/mol. The van der Waals surface area contributed by atoms with Gasteiger partial charge < -0.3 is 25.5 Å². The van der Waals surface area contributed by atoms with E-state index < -0.39 is 23.0 Å². The van der Waals surface area contributed by atoms with E-state index in [1.54, 1.807) is 0 Å². The number of aliphatic hydroxyl groups excluding tert-OH is 5. The number of allylic oxidation sites excluding steroid dienone is 3. The van der Waals surface area contributed by atoms with Crippen molar-refractivity contribution in [3.63, 3.8) is 0 Å². The summed E-state index contributed by atoms with van der Waals surface area (Å²) >= 11 is 0. The predicted molar refractivity (Wildman–Crippen MR) is 136 cm³/mol. The third-order valence-electron chi connectivity index (χ3n) is 12.9. The highest BCUT2D eigenvalue weighted by Gasteiger charge is 2.68. The maximum absolute atomic E-state index is 11.7. The van der Waals surface area contributed by atoms with Gasteiger partial charge in [-0.2, -0.15) is 0 Å². The van der Waals surface area contributed by atoms with Crippen molar-refractivity contribution in [2.45, 2.75) is 98.2 Å². The first-order valence-electron chi connectivity index (χ1n) is 13.9. The molecule has 5 aliphatic rings. The molecule has 198 valence electrons. The van der Waals surface area contributed by atoms with Gasteiger partial charge in [-0.1, -0.05) is 52.3 Å². The van der Waals surface area contributed by atoms with E-state index >= 15 is 0 Å². The Hall–Kier alpha value is -0.720. The molecule has 10 atom stereocenters. The van der Waals surface area contributed by atoms with Crippen LogP contribution in [0.2, 0.25) is 0 Å². The summed E-state index contributed by atoms with van der Waals surface area (Å²) in [5.74, 6) is 0.518. The molecule has 5 aliphatic carbocycles. The minimum Gasteiger partial charge on any atom is -0.396 e. The molecule has 0 aromatic rings. The highest BCUT2D eigenvalue weighted by atomic mass is 16.3. The number of aliphatic hydroxyl groups is 5. The number of hydrogen-bond donors (Lipinski definition) is 5. The zero-order valence-electron chi connectivity index (χ0n) is 22.5. The quantitative estimate of drug-likeness (QED) is 0.414. The van der Waals surface area contributed by atoms with Gasteiger partial charge in [-0.3, -0.25) is 0 Å². The first kappa shape index (κ1) is 25.9. The summed E-state index contributed by atoms with van der Waals surface area (Å²) in [6, 6.07) is 0. The van der Waals surface area contributed by atoms with Crippen molar-refractivity contribution in [1.29, 1.82) is 0 Å². The zero-order valence-corrected chi connectivity index (χ0v) is 22.5. The Morgan fingerprint density at radius 1 is 0.829 bits per heavy atom. The smallest absolute Gasteiger partial charge is 0.0664 e. The summed E-state index contributed by atoms with van der Waals surface area (Å²) < 4.78 is 0. The van der Waals surface area contributed by atoms with Gasteiger partial charge in [0.1, 0.15) is 0 Å². The molecule has 5 nitrogen and oxygen atoms in total. The minimum absolute atomic E-state index is 0.00557. The van der Waals surface area contributed by atoms with Crippen molar-refractivity contribution < 1.29 is 25.5 Å². The molecule has 10 unspecified atom stereocenters. The van der Waals surface area contributed by atoms with Crippen LogP contribution in [-0.2, 0) is 0 Å². The molecule has 0 aromatic carbocycles. The first-order valence-corrected chi connectivity index (χ1v) is 13.9. The van der Waals surface area contributed by atoms with Crippen LogP contribution in [0.25, 0.3) is 0 Å². The summed E-state index contributed by atoms with van der Waals surface area (Å²) in [6.45, 7) is 11.4. The van der Waals surface area contributed by atoms with Gasteiger partial charge in [0, 0.05) is 22.9 Å². The Balaban J connectivity index is 1.67. The van der Waals surface area contributed by atoms with Crippen molar-refractivity contribution in [2.24, 2.45) is 44.3 Å². The van der Waals surface area contributed by atoms with Gasteiger partial charge in [0.2, 0.25) is 0 Å². The van der Waals surface area contributed by atoms with Crippen molar-refractivity contribution in [3.05, 3.63) is 23.3 Å². The normalized spacial score (nSPS) is 55.6.